The molecule has 0 saturated carbocycles. The van der Waals surface area contributed by atoms with Crippen LogP contribution in [0.5, 0.6) is 5.75 Å². The first-order chi connectivity index (χ1) is 10.1. The molecule has 1 heterocycles. The standard InChI is InChI=1S/C17H28N2O2/c1-13(2)20-9-10-21-16-6-7-17(14(3)11-16)19-8-4-5-15(18)12-19/h6-7,11,13,15H,4-5,8-10,12,18H2,1-3H3. The number of hydrogen-bond donors (Lipinski definition) is 1. The van der Waals surface area contributed by atoms with Gasteiger partial charge in [-0.25, -0.2) is 0 Å². The number of anilines is 1. The Kier molecular flexibility index (Phi) is 5.88. The molecule has 1 unspecified atom stereocenters. The second kappa shape index (κ2) is 7.66. The lowest BCUT2D eigenvalue weighted by Crippen LogP contribution is -2.43. The van der Waals surface area contributed by atoms with Crippen LogP contribution in [0.1, 0.15) is 32.3 Å². The molecule has 1 aromatic rings. The number of nitrogens with zero attached hydrogens (tertiary/aromatic N) is 1. The average molecular weight is 292 g/mol. The Balaban J connectivity index is 1.91. The quantitative estimate of drug-likeness (QED) is 0.819. The Bertz CT molecular complexity index is 448. The lowest BCUT2D eigenvalue weighted by molar-refractivity contribution is 0.0552. The summed E-state index contributed by atoms with van der Waals surface area (Å²) < 4.78 is 11.2. The van der Waals surface area contributed by atoms with Gasteiger partial charge in [-0.15, -0.1) is 0 Å². The Labute approximate surface area is 128 Å². The van der Waals surface area contributed by atoms with Crippen LogP contribution >= 0.6 is 0 Å². The van der Waals surface area contributed by atoms with E-state index in [0.29, 0.717) is 19.3 Å². The molecule has 0 spiro atoms. The molecule has 4 nitrogen and oxygen atoms in total. The summed E-state index contributed by atoms with van der Waals surface area (Å²) in [5.74, 6) is 0.907. The fourth-order valence-electron chi connectivity index (χ4n) is 2.74. The van der Waals surface area contributed by atoms with Gasteiger partial charge in [-0.3, -0.25) is 0 Å². The van der Waals surface area contributed by atoms with Crippen LogP contribution in [0.3, 0.4) is 0 Å². The van der Waals surface area contributed by atoms with Crippen molar-refractivity contribution in [1.82, 2.24) is 0 Å². The minimum Gasteiger partial charge on any atom is -0.491 e. The molecule has 2 rings (SSSR count). The number of piperidine rings is 1. The third kappa shape index (κ3) is 4.90. The highest BCUT2D eigenvalue weighted by Crippen LogP contribution is 2.27. The van der Waals surface area contributed by atoms with Gasteiger partial charge in [0.05, 0.1) is 12.7 Å². The smallest absolute Gasteiger partial charge is 0.119 e. The van der Waals surface area contributed by atoms with Crippen LogP contribution < -0.4 is 15.4 Å². The van der Waals surface area contributed by atoms with Crippen molar-refractivity contribution in [2.24, 2.45) is 5.73 Å². The van der Waals surface area contributed by atoms with E-state index >= 15 is 0 Å². The van der Waals surface area contributed by atoms with Crippen LogP contribution in [0.15, 0.2) is 18.2 Å². The Morgan fingerprint density at radius 2 is 2.14 bits per heavy atom. The molecule has 118 valence electrons. The molecule has 0 aromatic heterocycles. The molecule has 0 aliphatic carbocycles. The Morgan fingerprint density at radius 1 is 1.33 bits per heavy atom. The monoisotopic (exact) mass is 292 g/mol. The normalized spacial score (nSPS) is 19.1. The van der Waals surface area contributed by atoms with Gasteiger partial charge in [0.2, 0.25) is 0 Å². The molecule has 0 bridgehead atoms. The highest BCUT2D eigenvalue weighted by molar-refractivity contribution is 5.56. The Morgan fingerprint density at radius 3 is 2.81 bits per heavy atom. The summed E-state index contributed by atoms with van der Waals surface area (Å²) in [6.45, 7) is 9.45. The van der Waals surface area contributed by atoms with E-state index in [0.717, 1.165) is 25.3 Å². The van der Waals surface area contributed by atoms with Gasteiger partial charge in [0.25, 0.3) is 0 Å². The van der Waals surface area contributed by atoms with Crippen molar-refractivity contribution in [2.45, 2.75) is 45.8 Å². The molecule has 1 fully saturated rings. The zero-order valence-corrected chi connectivity index (χ0v) is 13.5. The molecule has 1 aromatic carbocycles. The van der Waals surface area contributed by atoms with Gasteiger partial charge in [-0.05, 0) is 57.4 Å². The van der Waals surface area contributed by atoms with Gasteiger partial charge in [0.15, 0.2) is 0 Å². The fourth-order valence-corrected chi connectivity index (χ4v) is 2.74. The van der Waals surface area contributed by atoms with Gasteiger partial charge >= 0.3 is 0 Å². The molecule has 0 amide bonds. The molecule has 0 radical (unpaired) electrons. The van der Waals surface area contributed by atoms with Crippen molar-refractivity contribution in [3.8, 4) is 5.75 Å². The number of ether oxygens (including phenoxy) is 2. The second-order valence-electron chi connectivity index (χ2n) is 6.06. The largest absolute Gasteiger partial charge is 0.491 e. The number of nitrogens with two attached hydrogens (primary N) is 1. The lowest BCUT2D eigenvalue weighted by Gasteiger charge is -2.33. The molecule has 1 aliphatic heterocycles. The molecule has 1 atom stereocenters. The van der Waals surface area contributed by atoms with Crippen molar-refractivity contribution in [2.75, 3.05) is 31.2 Å². The molecular formula is C17H28N2O2. The van der Waals surface area contributed by atoms with E-state index in [4.69, 9.17) is 15.2 Å². The highest BCUT2D eigenvalue weighted by atomic mass is 16.5. The molecule has 1 saturated heterocycles. The van der Waals surface area contributed by atoms with Crippen LogP contribution in [-0.4, -0.2) is 38.4 Å². The van der Waals surface area contributed by atoms with E-state index in [2.05, 4.69) is 24.0 Å². The van der Waals surface area contributed by atoms with Gasteiger partial charge in [-0.1, -0.05) is 0 Å². The lowest BCUT2D eigenvalue weighted by atomic mass is 10.0. The predicted molar refractivity (Wildman–Crippen MR) is 87.2 cm³/mol. The summed E-state index contributed by atoms with van der Waals surface area (Å²) >= 11 is 0. The zero-order chi connectivity index (χ0) is 15.2. The van der Waals surface area contributed by atoms with Crippen LogP contribution in [-0.2, 0) is 4.74 Å². The summed E-state index contributed by atoms with van der Waals surface area (Å²) in [6.07, 6.45) is 2.55. The van der Waals surface area contributed by atoms with E-state index in [1.54, 1.807) is 0 Å². The van der Waals surface area contributed by atoms with E-state index < -0.39 is 0 Å². The average Bonchev–Trinajstić information content (AvgIpc) is 2.43. The molecular weight excluding hydrogens is 264 g/mol. The van der Waals surface area contributed by atoms with E-state index in [9.17, 15) is 0 Å². The van der Waals surface area contributed by atoms with Gasteiger partial charge in [-0.2, -0.15) is 0 Å². The molecule has 4 heteroatoms. The van der Waals surface area contributed by atoms with Crippen molar-refractivity contribution in [3.63, 3.8) is 0 Å². The minimum absolute atomic E-state index is 0.251. The summed E-state index contributed by atoms with van der Waals surface area (Å²) in [4.78, 5) is 2.38. The van der Waals surface area contributed by atoms with E-state index in [1.807, 2.05) is 19.9 Å². The first-order valence-corrected chi connectivity index (χ1v) is 7.92. The highest BCUT2D eigenvalue weighted by Gasteiger charge is 2.18. The number of rotatable bonds is 6. The van der Waals surface area contributed by atoms with Crippen LogP contribution in [0.2, 0.25) is 0 Å². The van der Waals surface area contributed by atoms with Crippen molar-refractivity contribution < 1.29 is 9.47 Å². The SMILES string of the molecule is Cc1cc(OCCOC(C)C)ccc1N1CCCC(N)C1. The van der Waals surface area contributed by atoms with Gasteiger partial charge in [0.1, 0.15) is 12.4 Å². The summed E-state index contributed by atoms with van der Waals surface area (Å²) in [6, 6.07) is 6.58. The predicted octanol–water partition coefficient (Wildman–Crippen LogP) is 2.73. The van der Waals surface area contributed by atoms with Crippen LogP contribution in [0.25, 0.3) is 0 Å². The van der Waals surface area contributed by atoms with Crippen molar-refractivity contribution in [3.05, 3.63) is 23.8 Å². The topological polar surface area (TPSA) is 47.7 Å². The van der Waals surface area contributed by atoms with Crippen molar-refractivity contribution in [1.29, 1.82) is 0 Å². The minimum atomic E-state index is 0.251. The second-order valence-corrected chi connectivity index (χ2v) is 6.06. The van der Waals surface area contributed by atoms with E-state index in [-0.39, 0.29) is 6.10 Å². The number of aryl methyl sites for hydroxylation is 1. The maximum Gasteiger partial charge on any atom is 0.119 e. The maximum absolute atomic E-state index is 6.07. The van der Waals surface area contributed by atoms with Crippen LogP contribution in [0.4, 0.5) is 5.69 Å². The molecule has 1 aliphatic rings. The van der Waals surface area contributed by atoms with Crippen LogP contribution in [0, 0.1) is 6.92 Å². The third-order valence-electron chi connectivity index (χ3n) is 3.77. The first kappa shape index (κ1) is 16.1. The van der Waals surface area contributed by atoms with E-state index in [1.165, 1.54) is 17.7 Å². The molecule has 21 heavy (non-hydrogen) atoms. The van der Waals surface area contributed by atoms with Crippen molar-refractivity contribution >= 4 is 5.69 Å². The number of hydrogen-bond acceptors (Lipinski definition) is 4. The third-order valence-corrected chi connectivity index (χ3v) is 3.77. The summed E-state index contributed by atoms with van der Waals surface area (Å²) in [5, 5.41) is 0. The molecule has 2 N–H and O–H groups in total. The fraction of sp³-hybridized carbons (Fsp3) is 0.647. The number of benzene rings is 1. The zero-order valence-electron chi connectivity index (χ0n) is 13.5. The van der Waals surface area contributed by atoms with Gasteiger partial charge < -0.3 is 20.1 Å². The summed E-state index contributed by atoms with van der Waals surface area (Å²) in [7, 11) is 0. The first-order valence-electron chi connectivity index (χ1n) is 7.92. The Hall–Kier alpha value is -1.26. The van der Waals surface area contributed by atoms with Gasteiger partial charge in [0, 0.05) is 24.8 Å². The summed E-state index contributed by atoms with van der Waals surface area (Å²) in [5.41, 5.74) is 8.58. The maximum atomic E-state index is 6.07.